The predicted octanol–water partition coefficient (Wildman–Crippen LogP) is 1.07. The first-order valence-corrected chi connectivity index (χ1v) is 4.60. The summed E-state index contributed by atoms with van der Waals surface area (Å²) in [6.45, 7) is 0.514. The summed E-state index contributed by atoms with van der Waals surface area (Å²) >= 11 is 0. The molecule has 2 aromatic rings. The van der Waals surface area contributed by atoms with Gasteiger partial charge in [-0.2, -0.15) is 10.5 Å². The van der Waals surface area contributed by atoms with Crippen LogP contribution in [0.1, 0.15) is 17.1 Å². The number of nitrogens with zero attached hydrogens (tertiary/aromatic N) is 5. The third kappa shape index (κ3) is 1.89. The van der Waals surface area contributed by atoms with Crippen LogP contribution in [-0.2, 0) is 6.54 Å². The fraction of sp³-hybridized carbons (Fsp3) is 0.0909. The Morgan fingerprint density at radius 3 is 2.81 bits per heavy atom. The minimum atomic E-state index is 0.357. The topological polar surface area (TPSA) is 78.3 Å². The molecule has 0 amide bonds. The van der Waals surface area contributed by atoms with E-state index in [0.717, 1.165) is 5.56 Å². The molecule has 16 heavy (non-hydrogen) atoms. The van der Waals surface area contributed by atoms with E-state index in [9.17, 15) is 0 Å². The molecule has 0 saturated heterocycles. The minimum absolute atomic E-state index is 0.357. The van der Waals surface area contributed by atoms with Crippen molar-refractivity contribution in [1.82, 2.24) is 14.5 Å². The van der Waals surface area contributed by atoms with Gasteiger partial charge in [0, 0.05) is 25.1 Å². The molecule has 0 aliphatic carbocycles. The van der Waals surface area contributed by atoms with E-state index >= 15 is 0 Å². The quantitative estimate of drug-likeness (QED) is 0.741. The molecule has 0 aliphatic heterocycles. The van der Waals surface area contributed by atoms with Crippen molar-refractivity contribution in [3.05, 3.63) is 47.8 Å². The van der Waals surface area contributed by atoms with E-state index in [0.29, 0.717) is 18.1 Å². The number of rotatable bonds is 2. The van der Waals surface area contributed by atoms with Crippen molar-refractivity contribution in [3.8, 4) is 12.1 Å². The van der Waals surface area contributed by atoms with Crippen LogP contribution in [0, 0.1) is 22.7 Å². The Morgan fingerprint density at radius 2 is 2.06 bits per heavy atom. The first-order valence-electron chi connectivity index (χ1n) is 4.60. The Kier molecular flexibility index (Phi) is 2.62. The highest BCUT2D eigenvalue weighted by molar-refractivity contribution is 5.26. The predicted molar refractivity (Wildman–Crippen MR) is 55.0 cm³/mol. The van der Waals surface area contributed by atoms with Crippen LogP contribution in [0.4, 0.5) is 0 Å². The molecule has 0 N–H and O–H groups in total. The smallest absolute Gasteiger partial charge is 0.213 e. The summed E-state index contributed by atoms with van der Waals surface area (Å²) in [5, 5.41) is 17.5. The van der Waals surface area contributed by atoms with E-state index in [2.05, 4.69) is 9.97 Å². The molecule has 5 nitrogen and oxygen atoms in total. The highest BCUT2D eigenvalue weighted by Gasteiger charge is 2.02. The first kappa shape index (κ1) is 9.88. The molecule has 0 aliphatic rings. The summed E-state index contributed by atoms with van der Waals surface area (Å²) in [6, 6.07) is 7.47. The van der Waals surface area contributed by atoms with Crippen LogP contribution in [0.3, 0.4) is 0 Å². The average molecular weight is 209 g/mol. The van der Waals surface area contributed by atoms with Crippen molar-refractivity contribution >= 4 is 0 Å². The Hall–Kier alpha value is -2.66. The number of aromatic nitrogens is 3. The van der Waals surface area contributed by atoms with Crippen molar-refractivity contribution in [2.24, 2.45) is 0 Å². The number of imidazole rings is 1. The maximum absolute atomic E-state index is 8.79. The average Bonchev–Trinajstić information content (AvgIpc) is 2.76. The Bertz CT molecular complexity index is 585. The lowest BCUT2D eigenvalue weighted by Gasteiger charge is -2.03. The zero-order valence-electron chi connectivity index (χ0n) is 8.33. The summed E-state index contributed by atoms with van der Waals surface area (Å²) in [7, 11) is 0. The van der Waals surface area contributed by atoms with Gasteiger partial charge in [0.05, 0.1) is 0 Å². The van der Waals surface area contributed by atoms with Crippen LogP contribution < -0.4 is 0 Å². The number of hydrogen-bond acceptors (Lipinski definition) is 4. The first-order chi connectivity index (χ1) is 7.83. The monoisotopic (exact) mass is 209 g/mol. The van der Waals surface area contributed by atoms with Crippen molar-refractivity contribution in [3.63, 3.8) is 0 Å². The summed E-state index contributed by atoms with van der Waals surface area (Å²) < 4.78 is 1.72. The van der Waals surface area contributed by atoms with Gasteiger partial charge in [0.2, 0.25) is 5.82 Å². The maximum Gasteiger partial charge on any atom is 0.213 e. The van der Waals surface area contributed by atoms with Crippen LogP contribution >= 0.6 is 0 Å². The molecule has 0 aromatic carbocycles. The molecule has 2 rings (SSSR count). The molecule has 0 radical (unpaired) electrons. The van der Waals surface area contributed by atoms with Gasteiger partial charge >= 0.3 is 0 Å². The molecule has 0 atom stereocenters. The van der Waals surface area contributed by atoms with E-state index in [-0.39, 0.29) is 0 Å². The van der Waals surface area contributed by atoms with Gasteiger partial charge in [0.1, 0.15) is 17.8 Å². The van der Waals surface area contributed by atoms with Crippen LogP contribution in [0.2, 0.25) is 0 Å². The normalized spacial score (nSPS) is 9.38. The van der Waals surface area contributed by atoms with Gasteiger partial charge in [-0.05, 0) is 17.7 Å². The van der Waals surface area contributed by atoms with Crippen LogP contribution in [0.25, 0.3) is 0 Å². The van der Waals surface area contributed by atoms with E-state index in [1.165, 1.54) is 0 Å². The Balaban J connectivity index is 2.28. The second-order valence-electron chi connectivity index (χ2n) is 3.15. The summed E-state index contributed by atoms with van der Waals surface area (Å²) in [4.78, 5) is 7.77. The third-order valence-electron chi connectivity index (χ3n) is 2.11. The van der Waals surface area contributed by atoms with Crippen LogP contribution in [0.5, 0.6) is 0 Å². The van der Waals surface area contributed by atoms with Gasteiger partial charge in [0.15, 0.2) is 0 Å². The van der Waals surface area contributed by atoms with E-state index in [4.69, 9.17) is 10.5 Å². The molecule has 2 aromatic heterocycles. The standard InChI is InChI=1S/C11H7N5/c12-6-10-5-9(1-2-14-10)8-16-4-3-15-11(16)7-13/h1-5H,8H2. The summed E-state index contributed by atoms with van der Waals surface area (Å²) in [5.74, 6) is 0.357. The SMILES string of the molecule is N#Cc1cc(Cn2ccnc2C#N)ccn1. The number of nitriles is 2. The van der Waals surface area contributed by atoms with Gasteiger partial charge in [-0.15, -0.1) is 0 Å². The van der Waals surface area contributed by atoms with Gasteiger partial charge in [-0.1, -0.05) is 0 Å². The lowest BCUT2D eigenvalue weighted by molar-refractivity contribution is 0.780. The Morgan fingerprint density at radius 1 is 1.19 bits per heavy atom. The van der Waals surface area contributed by atoms with Crippen molar-refractivity contribution < 1.29 is 0 Å². The molecule has 0 bridgehead atoms. The molecule has 0 spiro atoms. The highest BCUT2D eigenvalue weighted by atomic mass is 15.1. The lowest BCUT2D eigenvalue weighted by atomic mass is 10.2. The van der Waals surface area contributed by atoms with E-state index in [1.807, 2.05) is 18.2 Å². The van der Waals surface area contributed by atoms with Crippen LogP contribution in [-0.4, -0.2) is 14.5 Å². The summed E-state index contributed by atoms with van der Waals surface area (Å²) in [5.41, 5.74) is 1.29. The fourth-order valence-electron chi connectivity index (χ4n) is 1.38. The molecule has 5 heteroatoms. The molecule has 0 fully saturated rings. The summed E-state index contributed by atoms with van der Waals surface area (Å²) in [6.07, 6.45) is 4.88. The molecule has 0 saturated carbocycles. The van der Waals surface area contributed by atoms with Crippen molar-refractivity contribution in [2.75, 3.05) is 0 Å². The highest BCUT2D eigenvalue weighted by Crippen LogP contribution is 2.05. The second-order valence-corrected chi connectivity index (χ2v) is 3.15. The van der Waals surface area contributed by atoms with Gasteiger partial charge < -0.3 is 4.57 Å². The molecular weight excluding hydrogens is 202 g/mol. The van der Waals surface area contributed by atoms with E-state index in [1.54, 1.807) is 29.2 Å². The molecular formula is C11H7N5. The van der Waals surface area contributed by atoms with Gasteiger partial charge in [-0.25, -0.2) is 9.97 Å². The largest absolute Gasteiger partial charge is 0.318 e. The molecule has 2 heterocycles. The molecule has 0 unspecified atom stereocenters. The molecule has 76 valence electrons. The van der Waals surface area contributed by atoms with Crippen molar-refractivity contribution in [2.45, 2.75) is 6.54 Å². The van der Waals surface area contributed by atoms with Crippen LogP contribution in [0.15, 0.2) is 30.7 Å². The number of pyridine rings is 1. The zero-order chi connectivity index (χ0) is 11.4. The lowest BCUT2D eigenvalue weighted by Crippen LogP contribution is -2.02. The van der Waals surface area contributed by atoms with Gasteiger partial charge in [0.25, 0.3) is 0 Å². The second kappa shape index (κ2) is 4.24. The fourth-order valence-corrected chi connectivity index (χ4v) is 1.38. The maximum atomic E-state index is 8.79. The van der Waals surface area contributed by atoms with Gasteiger partial charge in [-0.3, -0.25) is 0 Å². The number of hydrogen-bond donors (Lipinski definition) is 0. The third-order valence-corrected chi connectivity index (χ3v) is 2.11. The van der Waals surface area contributed by atoms with E-state index < -0.39 is 0 Å². The Labute approximate surface area is 92.2 Å². The minimum Gasteiger partial charge on any atom is -0.318 e. The zero-order valence-corrected chi connectivity index (χ0v) is 8.33. The van der Waals surface area contributed by atoms with Crippen molar-refractivity contribution in [1.29, 1.82) is 10.5 Å².